The van der Waals surface area contributed by atoms with Gasteiger partial charge < -0.3 is 0 Å². The van der Waals surface area contributed by atoms with Crippen molar-refractivity contribution in [2.45, 2.75) is 13.3 Å². The first kappa shape index (κ1) is 13.3. The van der Waals surface area contributed by atoms with Gasteiger partial charge in [-0.05, 0) is 47.1 Å². The highest BCUT2D eigenvalue weighted by Crippen LogP contribution is 2.23. The van der Waals surface area contributed by atoms with Crippen molar-refractivity contribution in [2.24, 2.45) is 7.05 Å². The van der Waals surface area contributed by atoms with Gasteiger partial charge in [0.25, 0.3) is 0 Å². The van der Waals surface area contributed by atoms with Gasteiger partial charge >= 0.3 is 0 Å². The van der Waals surface area contributed by atoms with Gasteiger partial charge in [-0.3, -0.25) is 9.48 Å². The van der Waals surface area contributed by atoms with Crippen LogP contribution in [0.1, 0.15) is 21.7 Å². The van der Waals surface area contributed by atoms with E-state index in [9.17, 15) is 4.79 Å². The van der Waals surface area contributed by atoms with Crippen LogP contribution in [0.3, 0.4) is 0 Å². The third-order valence-electron chi connectivity index (χ3n) is 2.67. The molecule has 3 nitrogen and oxygen atoms in total. The molecule has 0 N–H and O–H groups in total. The third-order valence-corrected chi connectivity index (χ3v) is 3.56. The van der Waals surface area contributed by atoms with Crippen LogP contribution in [0.5, 0.6) is 0 Å². The van der Waals surface area contributed by atoms with Crippen LogP contribution in [0.25, 0.3) is 0 Å². The van der Waals surface area contributed by atoms with Crippen LogP contribution in [0.4, 0.5) is 0 Å². The van der Waals surface area contributed by atoms with Gasteiger partial charge in [0.2, 0.25) is 0 Å². The Balaban J connectivity index is 2.24. The second-order valence-electron chi connectivity index (χ2n) is 4.12. The average molecular weight is 328 g/mol. The van der Waals surface area contributed by atoms with Crippen molar-refractivity contribution in [1.29, 1.82) is 0 Å². The summed E-state index contributed by atoms with van der Waals surface area (Å²) in [5.41, 5.74) is 2.45. The number of ketones is 1. The minimum absolute atomic E-state index is 0.0431. The molecule has 94 valence electrons. The minimum atomic E-state index is 0.0431. The number of benzene rings is 1. The zero-order chi connectivity index (χ0) is 13.3. The van der Waals surface area contributed by atoms with Crippen LogP contribution >= 0.6 is 27.5 Å². The van der Waals surface area contributed by atoms with E-state index in [1.165, 1.54) is 0 Å². The molecule has 0 aliphatic carbocycles. The molecule has 18 heavy (non-hydrogen) atoms. The predicted octanol–water partition coefficient (Wildman–Crippen LogP) is 3.57. The van der Waals surface area contributed by atoms with Crippen molar-refractivity contribution in [1.82, 2.24) is 9.78 Å². The van der Waals surface area contributed by atoms with E-state index in [1.807, 2.05) is 20.0 Å². The van der Waals surface area contributed by atoms with Gasteiger partial charge in [0.15, 0.2) is 5.78 Å². The van der Waals surface area contributed by atoms with Gasteiger partial charge in [0.1, 0.15) is 0 Å². The van der Waals surface area contributed by atoms with Crippen molar-refractivity contribution >= 4 is 33.3 Å². The zero-order valence-corrected chi connectivity index (χ0v) is 12.4. The summed E-state index contributed by atoms with van der Waals surface area (Å²) in [7, 11) is 1.84. The van der Waals surface area contributed by atoms with Gasteiger partial charge in [0, 0.05) is 27.8 Å². The minimum Gasteiger partial charge on any atom is -0.294 e. The van der Waals surface area contributed by atoms with E-state index in [2.05, 4.69) is 21.0 Å². The number of carbonyl (C=O) groups is 1. The standard InChI is InChI=1S/C13H12BrClN2O/c1-8-5-10(17(2)16-8)7-13(18)11-4-3-9(15)6-12(11)14/h3-6H,7H2,1-2H3. The monoisotopic (exact) mass is 326 g/mol. The molecule has 2 aromatic rings. The quantitative estimate of drug-likeness (QED) is 0.808. The van der Waals surface area contributed by atoms with Crippen molar-refractivity contribution in [3.8, 4) is 0 Å². The highest BCUT2D eigenvalue weighted by Gasteiger charge is 2.13. The van der Waals surface area contributed by atoms with Gasteiger partial charge in [-0.25, -0.2) is 0 Å². The maximum absolute atomic E-state index is 12.2. The van der Waals surface area contributed by atoms with E-state index in [4.69, 9.17) is 11.6 Å². The number of halogens is 2. The number of nitrogens with zero attached hydrogens (tertiary/aromatic N) is 2. The van der Waals surface area contributed by atoms with Gasteiger partial charge in [-0.15, -0.1) is 0 Å². The first-order valence-corrected chi connectivity index (χ1v) is 6.62. The molecule has 0 spiro atoms. The fraction of sp³-hybridized carbons (Fsp3) is 0.231. The normalized spacial score (nSPS) is 10.7. The Labute approximate surface area is 119 Å². The van der Waals surface area contributed by atoms with Crippen molar-refractivity contribution in [2.75, 3.05) is 0 Å². The summed E-state index contributed by atoms with van der Waals surface area (Å²) in [6, 6.07) is 7.09. The third kappa shape index (κ3) is 2.82. The van der Waals surface area contributed by atoms with E-state index >= 15 is 0 Å². The largest absolute Gasteiger partial charge is 0.294 e. The fourth-order valence-corrected chi connectivity index (χ4v) is 2.71. The molecule has 0 unspecified atom stereocenters. The highest BCUT2D eigenvalue weighted by molar-refractivity contribution is 9.10. The number of hydrogen-bond donors (Lipinski definition) is 0. The number of aryl methyl sites for hydroxylation is 2. The van der Waals surface area contributed by atoms with Gasteiger partial charge in [0.05, 0.1) is 12.1 Å². The van der Waals surface area contributed by atoms with Crippen LogP contribution in [0, 0.1) is 6.92 Å². The van der Waals surface area contributed by atoms with Crippen LogP contribution < -0.4 is 0 Å². The summed E-state index contributed by atoms with van der Waals surface area (Å²) < 4.78 is 2.45. The van der Waals surface area contributed by atoms with Gasteiger partial charge in [-0.2, -0.15) is 5.10 Å². The Hall–Kier alpha value is -1.13. The van der Waals surface area contributed by atoms with E-state index in [0.717, 1.165) is 15.9 Å². The molecular weight excluding hydrogens is 316 g/mol. The Bertz CT molecular complexity index is 607. The Morgan fingerprint density at radius 2 is 2.17 bits per heavy atom. The van der Waals surface area contributed by atoms with E-state index in [1.54, 1.807) is 22.9 Å². The molecule has 0 bridgehead atoms. The Morgan fingerprint density at radius 1 is 1.44 bits per heavy atom. The summed E-state index contributed by atoms with van der Waals surface area (Å²) in [4.78, 5) is 12.2. The number of hydrogen-bond acceptors (Lipinski definition) is 2. The lowest BCUT2D eigenvalue weighted by Crippen LogP contribution is -2.08. The average Bonchev–Trinajstić information content (AvgIpc) is 2.57. The van der Waals surface area contributed by atoms with Crippen LogP contribution in [-0.4, -0.2) is 15.6 Å². The van der Waals surface area contributed by atoms with E-state index in [0.29, 0.717) is 17.0 Å². The lowest BCUT2D eigenvalue weighted by atomic mass is 10.1. The number of carbonyl (C=O) groups excluding carboxylic acids is 1. The van der Waals surface area contributed by atoms with Crippen LogP contribution in [-0.2, 0) is 13.5 Å². The first-order chi connectivity index (χ1) is 8.47. The summed E-state index contributed by atoms with van der Waals surface area (Å²) in [5.74, 6) is 0.0431. The first-order valence-electron chi connectivity index (χ1n) is 5.45. The molecule has 1 aromatic heterocycles. The highest BCUT2D eigenvalue weighted by atomic mass is 79.9. The van der Waals surface area contributed by atoms with E-state index < -0.39 is 0 Å². The fourth-order valence-electron chi connectivity index (χ4n) is 1.81. The zero-order valence-electron chi connectivity index (χ0n) is 10.1. The smallest absolute Gasteiger partial charge is 0.169 e. The van der Waals surface area contributed by atoms with Crippen LogP contribution in [0.15, 0.2) is 28.7 Å². The Kier molecular flexibility index (Phi) is 3.88. The maximum Gasteiger partial charge on any atom is 0.169 e. The van der Waals surface area contributed by atoms with E-state index in [-0.39, 0.29) is 5.78 Å². The molecule has 0 aliphatic rings. The molecule has 0 saturated heterocycles. The van der Waals surface area contributed by atoms with Crippen molar-refractivity contribution in [3.05, 3.63) is 50.7 Å². The van der Waals surface area contributed by atoms with Crippen molar-refractivity contribution in [3.63, 3.8) is 0 Å². The Morgan fingerprint density at radius 3 is 2.72 bits per heavy atom. The number of aromatic nitrogens is 2. The van der Waals surface area contributed by atoms with Crippen molar-refractivity contribution < 1.29 is 4.79 Å². The summed E-state index contributed by atoms with van der Waals surface area (Å²) >= 11 is 9.21. The molecule has 0 radical (unpaired) electrons. The topological polar surface area (TPSA) is 34.9 Å². The molecule has 2 rings (SSSR count). The lowest BCUT2D eigenvalue weighted by Gasteiger charge is -2.04. The lowest BCUT2D eigenvalue weighted by molar-refractivity contribution is 0.0990. The molecule has 1 aromatic carbocycles. The number of Topliss-reactive ketones (excluding diaryl/α,β-unsaturated/α-hetero) is 1. The molecule has 0 saturated carbocycles. The van der Waals surface area contributed by atoms with Crippen LogP contribution in [0.2, 0.25) is 5.02 Å². The second-order valence-corrected chi connectivity index (χ2v) is 5.42. The molecule has 0 fully saturated rings. The number of rotatable bonds is 3. The summed E-state index contributed by atoms with van der Waals surface area (Å²) in [6.45, 7) is 1.91. The second kappa shape index (κ2) is 5.24. The summed E-state index contributed by atoms with van der Waals surface area (Å²) in [6.07, 6.45) is 0.331. The molecule has 1 heterocycles. The molecule has 0 aliphatic heterocycles. The maximum atomic E-state index is 12.2. The summed E-state index contributed by atoms with van der Waals surface area (Å²) in [5, 5.41) is 4.83. The molecule has 0 atom stereocenters. The molecule has 0 amide bonds. The van der Waals surface area contributed by atoms with Gasteiger partial charge in [-0.1, -0.05) is 11.6 Å². The molecule has 5 heteroatoms. The predicted molar refractivity (Wildman–Crippen MR) is 75.1 cm³/mol. The molecular formula is C13H12BrClN2O. The SMILES string of the molecule is Cc1cc(CC(=O)c2ccc(Cl)cc2Br)n(C)n1.